The molecule has 1 heterocycles. The predicted octanol–water partition coefficient (Wildman–Crippen LogP) is 1.91. The highest BCUT2D eigenvalue weighted by Crippen LogP contribution is 2.24. The second-order valence-electron chi connectivity index (χ2n) is 3.04. The third-order valence-electron chi connectivity index (χ3n) is 2.27. The number of anilines is 1. The van der Waals surface area contributed by atoms with E-state index in [0.29, 0.717) is 0 Å². The van der Waals surface area contributed by atoms with Crippen LogP contribution in [-0.4, -0.2) is 20.2 Å². The van der Waals surface area contributed by atoms with Crippen molar-refractivity contribution in [2.75, 3.05) is 25.1 Å². The summed E-state index contributed by atoms with van der Waals surface area (Å²) < 4.78 is 5.15. The van der Waals surface area contributed by atoms with Crippen molar-refractivity contribution in [1.82, 2.24) is 0 Å². The van der Waals surface area contributed by atoms with Crippen molar-refractivity contribution < 1.29 is 4.74 Å². The lowest BCUT2D eigenvalue weighted by molar-refractivity contribution is 0.414. The van der Waals surface area contributed by atoms with Crippen LogP contribution in [0, 0.1) is 0 Å². The molecule has 0 aromatic heterocycles. The molecular weight excluding hydrogens is 150 g/mol. The van der Waals surface area contributed by atoms with E-state index in [1.807, 2.05) is 12.1 Å². The zero-order valence-electron chi connectivity index (χ0n) is 7.29. The van der Waals surface area contributed by atoms with Crippen LogP contribution >= 0.6 is 0 Å². The summed E-state index contributed by atoms with van der Waals surface area (Å²) in [6, 6.07) is 8.22. The highest BCUT2D eigenvalue weighted by atomic mass is 16.5. The van der Waals surface area contributed by atoms with Gasteiger partial charge in [-0.05, 0) is 18.6 Å². The number of ether oxygens (including phenoxy) is 1. The molecule has 0 N–H and O–H groups in total. The fraction of sp³-hybridized carbons (Fsp3) is 0.400. The number of benzene rings is 1. The number of rotatable bonds is 2. The Hall–Kier alpha value is -1.18. The summed E-state index contributed by atoms with van der Waals surface area (Å²) >= 11 is 0. The molecule has 0 saturated carbocycles. The van der Waals surface area contributed by atoms with Crippen LogP contribution in [0.5, 0.6) is 5.75 Å². The standard InChI is InChI=1S/C10H13NO/c1-12-10-5-2-4-9(8-10)11-6-3-7-11/h2,4-5,8H,3,6-7H2,1H3. The first kappa shape index (κ1) is 7.47. The van der Waals surface area contributed by atoms with Crippen LogP contribution < -0.4 is 9.64 Å². The van der Waals surface area contributed by atoms with E-state index >= 15 is 0 Å². The molecule has 0 aliphatic carbocycles. The van der Waals surface area contributed by atoms with E-state index in [0.717, 1.165) is 5.75 Å². The molecule has 0 amide bonds. The van der Waals surface area contributed by atoms with Crippen molar-refractivity contribution in [3.05, 3.63) is 24.3 Å². The summed E-state index contributed by atoms with van der Waals surface area (Å²) in [6.07, 6.45) is 1.32. The third kappa shape index (κ3) is 1.24. The highest BCUT2D eigenvalue weighted by molar-refractivity contribution is 5.52. The molecule has 64 valence electrons. The Morgan fingerprint density at radius 2 is 2.17 bits per heavy atom. The smallest absolute Gasteiger partial charge is 0.120 e. The molecule has 1 aromatic rings. The minimum Gasteiger partial charge on any atom is -0.497 e. The topological polar surface area (TPSA) is 12.5 Å². The van der Waals surface area contributed by atoms with Gasteiger partial charge in [0.1, 0.15) is 5.75 Å². The van der Waals surface area contributed by atoms with Gasteiger partial charge in [0.2, 0.25) is 0 Å². The minimum absolute atomic E-state index is 0.944. The van der Waals surface area contributed by atoms with Crippen molar-refractivity contribution in [2.45, 2.75) is 6.42 Å². The van der Waals surface area contributed by atoms with Crippen LogP contribution in [0.1, 0.15) is 6.42 Å². The molecule has 0 atom stereocenters. The Balaban J connectivity index is 2.19. The molecule has 0 unspecified atom stereocenters. The molecule has 0 spiro atoms. The number of hydrogen-bond acceptors (Lipinski definition) is 2. The van der Waals surface area contributed by atoms with Crippen molar-refractivity contribution in [3.63, 3.8) is 0 Å². The molecule has 0 bridgehead atoms. The molecule has 1 aromatic carbocycles. The number of nitrogens with zero attached hydrogens (tertiary/aromatic N) is 1. The van der Waals surface area contributed by atoms with Gasteiger partial charge in [0.05, 0.1) is 7.11 Å². The Kier molecular flexibility index (Phi) is 1.90. The normalized spacial score (nSPS) is 15.6. The van der Waals surface area contributed by atoms with Gasteiger partial charge in [-0.2, -0.15) is 0 Å². The zero-order chi connectivity index (χ0) is 8.39. The van der Waals surface area contributed by atoms with E-state index in [2.05, 4.69) is 17.0 Å². The Morgan fingerprint density at radius 1 is 1.33 bits per heavy atom. The molecule has 2 nitrogen and oxygen atoms in total. The van der Waals surface area contributed by atoms with E-state index in [1.54, 1.807) is 7.11 Å². The number of hydrogen-bond donors (Lipinski definition) is 0. The summed E-state index contributed by atoms with van der Waals surface area (Å²) in [6.45, 7) is 2.38. The molecule has 1 fully saturated rings. The second kappa shape index (κ2) is 3.05. The number of methoxy groups -OCH3 is 1. The van der Waals surface area contributed by atoms with Crippen LogP contribution in [0.4, 0.5) is 5.69 Å². The Morgan fingerprint density at radius 3 is 2.75 bits per heavy atom. The zero-order valence-corrected chi connectivity index (χ0v) is 7.29. The largest absolute Gasteiger partial charge is 0.497 e. The van der Waals surface area contributed by atoms with Crippen molar-refractivity contribution in [2.24, 2.45) is 0 Å². The summed E-state index contributed by atoms with van der Waals surface area (Å²) in [5.74, 6) is 0.944. The lowest BCUT2D eigenvalue weighted by Crippen LogP contribution is -2.36. The van der Waals surface area contributed by atoms with Crippen LogP contribution in [0.2, 0.25) is 0 Å². The van der Waals surface area contributed by atoms with E-state index < -0.39 is 0 Å². The Bertz CT molecular complexity index is 268. The van der Waals surface area contributed by atoms with Crippen LogP contribution in [0.25, 0.3) is 0 Å². The van der Waals surface area contributed by atoms with E-state index in [-0.39, 0.29) is 0 Å². The molecule has 1 aliphatic heterocycles. The molecule has 2 heteroatoms. The summed E-state index contributed by atoms with van der Waals surface area (Å²) in [7, 11) is 1.70. The van der Waals surface area contributed by atoms with E-state index in [4.69, 9.17) is 4.74 Å². The van der Waals surface area contributed by atoms with Gasteiger partial charge in [-0.1, -0.05) is 6.07 Å². The maximum Gasteiger partial charge on any atom is 0.120 e. The van der Waals surface area contributed by atoms with Crippen LogP contribution in [0.15, 0.2) is 24.3 Å². The third-order valence-corrected chi connectivity index (χ3v) is 2.27. The van der Waals surface area contributed by atoms with Gasteiger partial charge in [-0.25, -0.2) is 0 Å². The summed E-state index contributed by atoms with van der Waals surface area (Å²) in [5, 5.41) is 0. The maximum absolute atomic E-state index is 5.15. The monoisotopic (exact) mass is 163 g/mol. The maximum atomic E-state index is 5.15. The molecule has 2 rings (SSSR count). The first-order valence-corrected chi connectivity index (χ1v) is 4.29. The van der Waals surface area contributed by atoms with E-state index in [1.165, 1.54) is 25.2 Å². The van der Waals surface area contributed by atoms with Crippen LogP contribution in [-0.2, 0) is 0 Å². The first-order chi connectivity index (χ1) is 5.90. The predicted molar refractivity (Wildman–Crippen MR) is 49.8 cm³/mol. The average Bonchev–Trinajstić information content (AvgIpc) is 2.02. The molecule has 0 radical (unpaired) electrons. The first-order valence-electron chi connectivity index (χ1n) is 4.29. The van der Waals surface area contributed by atoms with E-state index in [9.17, 15) is 0 Å². The molecular formula is C10H13NO. The summed E-state index contributed by atoms with van der Waals surface area (Å²) in [4.78, 5) is 2.35. The van der Waals surface area contributed by atoms with Gasteiger partial charge in [0.15, 0.2) is 0 Å². The van der Waals surface area contributed by atoms with Gasteiger partial charge >= 0.3 is 0 Å². The molecule has 1 saturated heterocycles. The lowest BCUT2D eigenvalue weighted by Gasteiger charge is -2.33. The minimum atomic E-state index is 0.944. The van der Waals surface area contributed by atoms with Gasteiger partial charge in [-0.15, -0.1) is 0 Å². The van der Waals surface area contributed by atoms with Crippen molar-refractivity contribution in [3.8, 4) is 5.75 Å². The van der Waals surface area contributed by atoms with Gasteiger partial charge in [-0.3, -0.25) is 0 Å². The lowest BCUT2D eigenvalue weighted by atomic mass is 10.2. The van der Waals surface area contributed by atoms with Gasteiger partial charge in [0.25, 0.3) is 0 Å². The van der Waals surface area contributed by atoms with Gasteiger partial charge < -0.3 is 9.64 Å². The molecule has 12 heavy (non-hydrogen) atoms. The second-order valence-corrected chi connectivity index (χ2v) is 3.04. The fourth-order valence-electron chi connectivity index (χ4n) is 1.38. The molecule has 1 aliphatic rings. The fourth-order valence-corrected chi connectivity index (χ4v) is 1.38. The summed E-state index contributed by atoms with van der Waals surface area (Å²) in [5.41, 5.74) is 1.28. The van der Waals surface area contributed by atoms with Crippen molar-refractivity contribution >= 4 is 5.69 Å². The SMILES string of the molecule is COc1cccc(N2CCC2)c1. The Labute approximate surface area is 72.8 Å². The highest BCUT2D eigenvalue weighted by Gasteiger charge is 2.14. The quantitative estimate of drug-likeness (QED) is 0.660. The van der Waals surface area contributed by atoms with Crippen LogP contribution in [0.3, 0.4) is 0 Å². The van der Waals surface area contributed by atoms with Crippen molar-refractivity contribution in [1.29, 1.82) is 0 Å². The van der Waals surface area contributed by atoms with Gasteiger partial charge in [0, 0.05) is 24.8 Å². The average molecular weight is 163 g/mol.